The van der Waals surface area contributed by atoms with Crippen LogP contribution < -0.4 is 10.1 Å². The predicted octanol–water partition coefficient (Wildman–Crippen LogP) is 1.91. The molecule has 1 N–H and O–H groups in total. The quantitative estimate of drug-likeness (QED) is 0.876. The van der Waals surface area contributed by atoms with Gasteiger partial charge in [-0.05, 0) is 13.0 Å². The van der Waals surface area contributed by atoms with Crippen LogP contribution in [0.2, 0.25) is 0 Å². The van der Waals surface area contributed by atoms with Crippen molar-refractivity contribution in [2.45, 2.75) is 25.8 Å². The third kappa shape index (κ3) is 3.94. The second-order valence-corrected chi connectivity index (χ2v) is 6.10. The minimum absolute atomic E-state index is 0.0161. The zero-order valence-corrected chi connectivity index (χ0v) is 14.0. The highest BCUT2D eigenvalue weighted by atomic mass is 16.5. The van der Waals surface area contributed by atoms with Crippen molar-refractivity contribution in [3.8, 4) is 5.75 Å². The van der Waals surface area contributed by atoms with E-state index < -0.39 is 0 Å². The third-order valence-corrected chi connectivity index (χ3v) is 4.23. The molecule has 1 aromatic carbocycles. The van der Waals surface area contributed by atoms with Gasteiger partial charge in [0.25, 0.3) is 0 Å². The molecule has 2 heterocycles. The van der Waals surface area contributed by atoms with Crippen molar-refractivity contribution in [2.75, 3.05) is 20.3 Å². The highest BCUT2D eigenvalue weighted by Crippen LogP contribution is 2.21. The Hall–Kier alpha value is -2.34. The molecule has 1 fully saturated rings. The normalized spacial score (nSPS) is 20.1. The highest BCUT2D eigenvalue weighted by molar-refractivity contribution is 5.79. The van der Waals surface area contributed by atoms with Gasteiger partial charge in [0, 0.05) is 24.0 Å². The number of carbonyl (C=O) groups is 1. The van der Waals surface area contributed by atoms with Crippen LogP contribution in [0.3, 0.4) is 0 Å². The average molecular weight is 330 g/mol. The molecular formula is C18H22N2O4. The molecule has 0 aliphatic carbocycles. The SMILES string of the molecule is COc1ccccc1CC(=O)N[C@H]1COC[C@H]1Cc1cc(C)no1. The molecule has 0 radical (unpaired) electrons. The fourth-order valence-electron chi connectivity index (χ4n) is 3.01. The summed E-state index contributed by atoms with van der Waals surface area (Å²) in [5.41, 5.74) is 1.74. The van der Waals surface area contributed by atoms with Gasteiger partial charge in [0.05, 0.1) is 38.5 Å². The largest absolute Gasteiger partial charge is 0.496 e. The molecule has 2 atom stereocenters. The molecule has 128 valence electrons. The summed E-state index contributed by atoms with van der Waals surface area (Å²) in [5, 5.41) is 6.98. The fraction of sp³-hybridized carbons (Fsp3) is 0.444. The highest BCUT2D eigenvalue weighted by Gasteiger charge is 2.30. The molecule has 1 aliphatic rings. The number of hydrogen-bond donors (Lipinski definition) is 1. The lowest BCUT2D eigenvalue weighted by Gasteiger charge is -2.18. The van der Waals surface area contributed by atoms with Crippen LogP contribution in [0.25, 0.3) is 0 Å². The summed E-state index contributed by atoms with van der Waals surface area (Å²) in [5.74, 6) is 1.71. The molecule has 1 aliphatic heterocycles. The van der Waals surface area contributed by atoms with E-state index in [1.807, 2.05) is 37.3 Å². The fourth-order valence-corrected chi connectivity index (χ4v) is 3.01. The first-order valence-corrected chi connectivity index (χ1v) is 8.07. The third-order valence-electron chi connectivity index (χ3n) is 4.23. The molecule has 0 bridgehead atoms. The van der Waals surface area contributed by atoms with Crippen LogP contribution in [0.15, 0.2) is 34.9 Å². The van der Waals surface area contributed by atoms with E-state index >= 15 is 0 Å². The van der Waals surface area contributed by atoms with Gasteiger partial charge in [-0.3, -0.25) is 4.79 Å². The van der Waals surface area contributed by atoms with Gasteiger partial charge in [-0.2, -0.15) is 0 Å². The van der Waals surface area contributed by atoms with Crippen LogP contribution in [0.5, 0.6) is 5.75 Å². The summed E-state index contributed by atoms with van der Waals surface area (Å²) in [7, 11) is 1.61. The zero-order valence-electron chi connectivity index (χ0n) is 14.0. The summed E-state index contributed by atoms with van der Waals surface area (Å²) < 4.78 is 16.1. The Morgan fingerprint density at radius 3 is 2.96 bits per heavy atom. The van der Waals surface area contributed by atoms with Gasteiger partial charge in [-0.1, -0.05) is 23.4 Å². The van der Waals surface area contributed by atoms with Crippen LogP contribution in [0, 0.1) is 12.8 Å². The van der Waals surface area contributed by atoms with E-state index in [0.717, 1.165) is 22.8 Å². The van der Waals surface area contributed by atoms with E-state index in [4.69, 9.17) is 14.0 Å². The molecule has 6 heteroatoms. The molecule has 6 nitrogen and oxygen atoms in total. The van der Waals surface area contributed by atoms with Gasteiger partial charge in [-0.25, -0.2) is 0 Å². The predicted molar refractivity (Wildman–Crippen MR) is 87.9 cm³/mol. The van der Waals surface area contributed by atoms with Crippen molar-refractivity contribution in [3.05, 3.63) is 47.3 Å². The minimum atomic E-state index is -0.0336. The second kappa shape index (κ2) is 7.49. The Morgan fingerprint density at radius 1 is 1.38 bits per heavy atom. The van der Waals surface area contributed by atoms with Crippen LogP contribution in [0.4, 0.5) is 0 Å². The van der Waals surface area contributed by atoms with E-state index in [-0.39, 0.29) is 24.3 Å². The first-order chi connectivity index (χ1) is 11.7. The average Bonchev–Trinajstić information content (AvgIpc) is 3.17. The van der Waals surface area contributed by atoms with Crippen molar-refractivity contribution in [1.29, 1.82) is 0 Å². The Labute approximate surface area is 141 Å². The monoisotopic (exact) mass is 330 g/mol. The molecule has 24 heavy (non-hydrogen) atoms. The Balaban J connectivity index is 1.58. The molecule has 1 saturated heterocycles. The van der Waals surface area contributed by atoms with Crippen molar-refractivity contribution >= 4 is 5.91 Å². The van der Waals surface area contributed by atoms with Gasteiger partial charge >= 0.3 is 0 Å². The van der Waals surface area contributed by atoms with Crippen LogP contribution in [-0.2, 0) is 22.4 Å². The number of aryl methyl sites for hydroxylation is 1. The van der Waals surface area contributed by atoms with Gasteiger partial charge in [0.2, 0.25) is 5.91 Å². The van der Waals surface area contributed by atoms with Crippen LogP contribution >= 0.6 is 0 Å². The second-order valence-electron chi connectivity index (χ2n) is 6.10. The summed E-state index contributed by atoms with van der Waals surface area (Å²) in [4.78, 5) is 12.4. The summed E-state index contributed by atoms with van der Waals surface area (Å²) >= 11 is 0. The number of aromatic nitrogens is 1. The minimum Gasteiger partial charge on any atom is -0.496 e. The number of nitrogens with one attached hydrogen (secondary N) is 1. The lowest BCUT2D eigenvalue weighted by Crippen LogP contribution is -2.41. The lowest BCUT2D eigenvalue weighted by molar-refractivity contribution is -0.121. The van der Waals surface area contributed by atoms with Gasteiger partial charge < -0.3 is 19.3 Å². The maximum Gasteiger partial charge on any atom is 0.224 e. The summed E-state index contributed by atoms with van der Waals surface area (Å²) in [6.45, 7) is 3.03. The molecule has 0 unspecified atom stereocenters. The number of para-hydroxylation sites is 1. The van der Waals surface area contributed by atoms with Gasteiger partial charge in [-0.15, -0.1) is 0 Å². The van der Waals surface area contributed by atoms with E-state index in [1.54, 1.807) is 7.11 Å². The number of hydrogen-bond acceptors (Lipinski definition) is 5. The van der Waals surface area contributed by atoms with Crippen molar-refractivity contribution in [1.82, 2.24) is 10.5 Å². The Kier molecular flexibility index (Phi) is 5.15. The van der Waals surface area contributed by atoms with Gasteiger partial charge in [0.15, 0.2) is 0 Å². The van der Waals surface area contributed by atoms with E-state index in [9.17, 15) is 4.79 Å². The number of nitrogens with zero attached hydrogens (tertiary/aromatic N) is 1. The van der Waals surface area contributed by atoms with Crippen molar-refractivity contribution in [2.24, 2.45) is 5.92 Å². The van der Waals surface area contributed by atoms with Crippen molar-refractivity contribution < 1.29 is 18.8 Å². The van der Waals surface area contributed by atoms with Crippen LogP contribution in [-0.4, -0.2) is 37.4 Å². The van der Waals surface area contributed by atoms with Crippen LogP contribution in [0.1, 0.15) is 17.0 Å². The summed E-state index contributed by atoms with van der Waals surface area (Å²) in [6, 6.07) is 9.46. The smallest absolute Gasteiger partial charge is 0.224 e. The zero-order chi connectivity index (χ0) is 16.9. The van der Waals surface area contributed by atoms with E-state index in [0.29, 0.717) is 19.6 Å². The van der Waals surface area contributed by atoms with Crippen molar-refractivity contribution in [3.63, 3.8) is 0 Å². The molecule has 1 amide bonds. The summed E-state index contributed by atoms with van der Waals surface area (Å²) in [6.07, 6.45) is 0.995. The molecular weight excluding hydrogens is 308 g/mol. The van der Waals surface area contributed by atoms with E-state index in [1.165, 1.54) is 0 Å². The standard InChI is InChI=1S/C18H22N2O4/c1-12-7-15(24-20-12)8-14-10-23-11-16(14)19-18(21)9-13-5-3-4-6-17(13)22-2/h3-7,14,16H,8-11H2,1-2H3,(H,19,21)/t14-,16+/m1/s1. The molecule has 0 saturated carbocycles. The molecule has 3 rings (SSSR count). The number of rotatable bonds is 6. The molecule has 2 aromatic rings. The topological polar surface area (TPSA) is 73.6 Å². The number of benzene rings is 1. The number of ether oxygens (including phenoxy) is 2. The Bertz CT molecular complexity index is 698. The lowest BCUT2D eigenvalue weighted by atomic mass is 9.98. The molecule has 0 spiro atoms. The number of methoxy groups -OCH3 is 1. The van der Waals surface area contributed by atoms with E-state index in [2.05, 4.69) is 10.5 Å². The molecule has 1 aromatic heterocycles. The first-order valence-electron chi connectivity index (χ1n) is 8.07. The Morgan fingerprint density at radius 2 is 2.21 bits per heavy atom. The first kappa shape index (κ1) is 16.5. The van der Waals surface area contributed by atoms with Gasteiger partial charge in [0.1, 0.15) is 11.5 Å². The number of amides is 1. The number of carbonyl (C=O) groups excluding carboxylic acids is 1. The maximum atomic E-state index is 12.4. The maximum absolute atomic E-state index is 12.4.